The van der Waals surface area contributed by atoms with E-state index in [4.69, 9.17) is 0 Å². The van der Waals surface area contributed by atoms with Gasteiger partial charge in [-0.05, 0) is 5.56 Å². The summed E-state index contributed by atoms with van der Waals surface area (Å²) in [5, 5.41) is 0. The summed E-state index contributed by atoms with van der Waals surface area (Å²) in [6, 6.07) is 9.38. The van der Waals surface area contributed by atoms with Crippen LogP contribution in [0.25, 0.3) is 11.1 Å². The summed E-state index contributed by atoms with van der Waals surface area (Å²) >= 11 is 0. The Labute approximate surface area is 85.6 Å². The maximum atomic E-state index is 12.2. The molecule has 0 unspecified atom stereocenters. The number of hydrogen-bond acceptors (Lipinski definition) is 2. The lowest BCUT2D eigenvalue weighted by Crippen LogP contribution is -1.94. The third kappa shape index (κ3) is 2.15. The van der Waals surface area contributed by atoms with Crippen molar-refractivity contribution in [2.24, 2.45) is 0 Å². The average Bonchev–Trinajstić information content (AvgIpc) is 2.30. The first-order chi connectivity index (χ1) is 7.27. The third-order valence-corrected chi connectivity index (χ3v) is 1.97. The summed E-state index contributed by atoms with van der Waals surface area (Å²) in [6.45, 7) is 0. The second-order valence-corrected chi connectivity index (χ2v) is 3.00. The SMILES string of the molecule is FC(F)c1ncc(-c2ccccc2)cn1. The Morgan fingerprint density at radius 1 is 0.867 bits per heavy atom. The van der Waals surface area contributed by atoms with Crippen LogP contribution in [0.3, 0.4) is 0 Å². The maximum absolute atomic E-state index is 12.2. The van der Waals surface area contributed by atoms with E-state index in [1.165, 1.54) is 12.4 Å². The minimum Gasteiger partial charge on any atom is -0.235 e. The molecule has 0 aliphatic heterocycles. The highest BCUT2D eigenvalue weighted by atomic mass is 19.3. The van der Waals surface area contributed by atoms with Gasteiger partial charge in [0.15, 0.2) is 5.82 Å². The summed E-state index contributed by atoms with van der Waals surface area (Å²) in [5.74, 6) is -0.435. The molecular weight excluding hydrogens is 198 g/mol. The molecule has 0 aliphatic rings. The molecule has 15 heavy (non-hydrogen) atoms. The first-order valence-corrected chi connectivity index (χ1v) is 4.43. The molecule has 4 heteroatoms. The fraction of sp³-hybridized carbons (Fsp3) is 0.0909. The molecule has 0 saturated carbocycles. The highest BCUT2D eigenvalue weighted by Crippen LogP contribution is 2.19. The number of rotatable bonds is 2. The molecule has 76 valence electrons. The molecule has 2 rings (SSSR count). The number of nitrogens with zero attached hydrogens (tertiary/aromatic N) is 2. The number of halogens is 2. The van der Waals surface area contributed by atoms with Gasteiger partial charge in [0.2, 0.25) is 0 Å². The molecule has 0 fully saturated rings. The van der Waals surface area contributed by atoms with Crippen molar-refractivity contribution < 1.29 is 8.78 Å². The highest BCUT2D eigenvalue weighted by molar-refractivity contribution is 5.60. The molecule has 0 bridgehead atoms. The monoisotopic (exact) mass is 206 g/mol. The minimum absolute atomic E-state index is 0.435. The molecule has 1 aromatic heterocycles. The lowest BCUT2D eigenvalue weighted by atomic mass is 10.1. The van der Waals surface area contributed by atoms with Gasteiger partial charge in [0.25, 0.3) is 6.43 Å². The normalized spacial score (nSPS) is 10.6. The van der Waals surface area contributed by atoms with Gasteiger partial charge < -0.3 is 0 Å². The van der Waals surface area contributed by atoms with Crippen molar-refractivity contribution in [2.45, 2.75) is 6.43 Å². The van der Waals surface area contributed by atoms with Gasteiger partial charge in [0, 0.05) is 18.0 Å². The van der Waals surface area contributed by atoms with Gasteiger partial charge in [0.1, 0.15) is 0 Å². The summed E-state index contributed by atoms with van der Waals surface area (Å²) in [7, 11) is 0. The second-order valence-electron chi connectivity index (χ2n) is 3.00. The van der Waals surface area contributed by atoms with Crippen LogP contribution in [0.4, 0.5) is 8.78 Å². The largest absolute Gasteiger partial charge is 0.297 e. The van der Waals surface area contributed by atoms with Crippen LogP contribution in [-0.2, 0) is 0 Å². The maximum Gasteiger partial charge on any atom is 0.297 e. The van der Waals surface area contributed by atoms with Crippen molar-refractivity contribution in [2.75, 3.05) is 0 Å². The van der Waals surface area contributed by atoms with Crippen LogP contribution in [0, 0.1) is 0 Å². The second kappa shape index (κ2) is 4.13. The Balaban J connectivity index is 2.32. The molecule has 2 aromatic rings. The first-order valence-electron chi connectivity index (χ1n) is 4.43. The molecule has 0 radical (unpaired) electrons. The number of benzene rings is 1. The summed E-state index contributed by atoms with van der Waals surface area (Å²) in [4.78, 5) is 7.19. The average molecular weight is 206 g/mol. The van der Waals surface area contributed by atoms with E-state index in [2.05, 4.69) is 9.97 Å². The van der Waals surface area contributed by atoms with Crippen LogP contribution in [-0.4, -0.2) is 9.97 Å². The molecule has 0 atom stereocenters. The topological polar surface area (TPSA) is 25.8 Å². The molecule has 0 saturated heterocycles. The van der Waals surface area contributed by atoms with Crippen molar-refractivity contribution in [3.63, 3.8) is 0 Å². The van der Waals surface area contributed by atoms with Crippen molar-refractivity contribution in [3.8, 4) is 11.1 Å². The Morgan fingerprint density at radius 2 is 1.47 bits per heavy atom. The van der Waals surface area contributed by atoms with Gasteiger partial charge in [-0.2, -0.15) is 0 Å². The van der Waals surface area contributed by atoms with Crippen LogP contribution in [0.1, 0.15) is 12.2 Å². The molecule has 0 N–H and O–H groups in total. The van der Waals surface area contributed by atoms with Crippen molar-refractivity contribution in [1.82, 2.24) is 9.97 Å². The van der Waals surface area contributed by atoms with Gasteiger partial charge in [-0.3, -0.25) is 0 Å². The van der Waals surface area contributed by atoms with Gasteiger partial charge in [-0.1, -0.05) is 30.3 Å². The van der Waals surface area contributed by atoms with Crippen LogP contribution < -0.4 is 0 Å². The van der Waals surface area contributed by atoms with Crippen LogP contribution in [0.5, 0.6) is 0 Å². The fourth-order valence-electron chi connectivity index (χ4n) is 1.23. The van der Waals surface area contributed by atoms with Crippen molar-refractivity contribution in [1.29, 1.82) is 0 Å². The lowest BCUT2D eigenvalue weighted by Gasteiger charge is -2.01. The molecular formula is C11H8F2N2. The van der Waals surface area contributed by atoms with Crippen molar-refractivity contribution >= 4 is 0 Å². The first kappa shape index (κ1) is 9.71. The summed E-state index contributed by atoms with van der Waals surface area (Å²) in [5.41, 5.74) is 1.65. The summed E-state index contributed by atoms with van der Waals surface area (Å²) < 4.78 is 24.4. The zero-order chi connectivity index (χ0) is 10.7. The Morgan fingerprint density at radius 3 is 2.00 bits per heavy atom. The van der Waals surface area contributed by atoms with Crippen LogP contribution in [0.2, 0.25) is 0 Å². The molecule has 0 spiro atoms. The number of hydrogen-bond donors (Lipinski definition) is 0. The number of alkyl halides is 2. The van der Waals surface area contributed by atoms with E-state index in [0.29, 0.717) is 0 Å². The third-order valence-electron chi connectivity index (χ3n) is 1.97. The molecule has 0 aliphatic carbocycles. The molecule has 0 amide bonds. The lowest BCUT2D eigenvalue weighted by molar-refractivity contribution is 0.140. The summed E-state index contributed by atoms with van der Waals surface area (Å²) in [6.07, 6.45) is 0.197. The Kier molecular flexibility index (Phi) is 2.67. The van der Waals surface area contributed by atoms with Gasteiger partial charge in [-0.15, -0.1) is 0 Å². The van der Waals surface area contributed by atoms with Crippen LogP contribution in [0.15, 0.2) is 42.7 Å². The van der Waals surface area contributed by atoms with Crippen LogP contribution >= 0.6 is 0 Å². The van der Waals surface area contributed by atoms with Gasteiger partial charge >= 0.3 is 0 Å². The zero-order valence-corrected chi connectivity index (χ0v) is 7.77. The smallest absolute Gasteiger partial charge is 0.235 e. The molecule has 1 aromatic carbocycles. The van der Waals surface area contributed by atoms with Gasteiger partial charge in [-0.25, -0.2) is 18.7 Å². The van der Waals surface area contributed by atoms with E-state index in [1.807, 2.05) is 30.3 Å². The van der Waals surface area contributed by atoms with E-state index in [0.717, 1.165) is 11.1 Å². The van der Waals surface area contributed by atoms with E-state index in [-0.39, 0.29) is 0 Å². The zero-order valence-electron chi connectivity index (χ0n) is 7.77. The molecule has 1 heterocycles. The van der Waals surface area contributed by atoms with Gasteiger partial charge in [0.05, 0.1) is 0 Å². The fourth-order valence-corrected chi connectivity index (χ4v) is 1.23. The Hall–Kier alpha value is -1.84. The van der Waals surface area contributed by atoms with Crippen molar-refractivity contribution in [3.05, 3.63) is 48.5 Å². The highest BCUT2D eigenvalue weighted by Gasteiger charge is 2.09. The van der Waals surface area contributed by atoms with E-state index in [1.54, 1.807) is 0 Å². The van der Waals surface area contributed by atoms with E-state index >= 15 is 0 Å². The Bertz CT molecular complexity index is 426. The standard InChI is InChI=1S/C11H8F2N2/c12-10(13)11-14-6-9(7-15-11)8-4-2-1-3-5-8/h1-7,10H. The number of aromatic nitrogens is 2. The van der Waals surface area contributed by atoms with E-state index in [9.17, 15) is 8.78 Å². The predicted octanol–water partition coefficient (Wildman–Crippen LogP) is 3.08. The predicted molar refractivity (Wildman–Crippen MR) is 52.4 cm³/mol. The quantitative estimate of drug-likeness (QED) is 0.754. The minimum atomic E-state index is -2.62. The molecule has 2 nitrogen and oxygen atoms in total. The van der Waals surface area contributed by atoms with E-state index < -0.39 is 12.2 Å².